The van der Waals surface area contributed by atoms with E-state index >= 15 is 0 Å². The molecule has 0 saturated heterocycles. The molecule has 0 aliphatic rings. The molecule has 0 fully saturated rings. The van der Waals surface area contributed by atoms with Gasteiger partial charge in [-0.1, -0.05) is 11.6 Å². The lowest BCUT2D eigenvalue weighted by Gasteiger charge is -2.11. The summed E-state index contributed by atoms with van der Waals surface area (Å²) in [6.45, 7) is 0.113. The summed E-state index contributed by atoms with van der Waals surface area (Å²) in [5.41, 5.74) is 0. The first kappa shape index (κ1) is 16.3. The molecule has 1 aromatic carbocycles. The maximum absolute atomic E-state index is 13.0. The lowest BCUT2D eigenvalue weighted by atomic mass is 10.3. The number of hydrogen-bond acceptors (Lipinski definition) is 4. The lowest BCUT2D eigenvalue weighted by Crippen LogP contribution is -2.28. The Labute approximate surface area is 116 Å². The summed E-state index contributed by atoms with van der Waals surface area (Å²) < 4.78 is 43.7. The molecule has 1 unspecified atom stereocenters. The zero-order chi connectivity index (χ0) is 14.5. The summed E-state index contributed by atoms with van der Waals surface area (Å²) >= 11 is 5.72. The van der Waals surface area contributed by atoms with E-state index in [0.29, 0.717) is 0 Å². The third kappa shape index (κ3) is 5.04. The van der Waals surface area contributed by atoms with Crippen LogP contribution in [-0.4, -0.2) is 39.9 Å². The number of aliphatic hydroxyl groups is 1. The average molecular weight is 312 g/mol. The molecule has 0 aliphatic heterocycles. The highest BCUT2D eigenvalue weighted by atomic mass is 35.5. The Bertz CT molecular complexity index is 523. The Morgan fingerprint density at radius 3 is 2.84 bits per heavy atom. The molecule has 8 heteroatoms. The van der Waals surface area contributed by atoms with E-state index < -0.39 is 21.9 Å². The van der Waals surface area contributed by atoms with Gasteiger partial charge in [-0.2, -0.15) is 0 Å². The summed E-state index contributed by atoms with van der Waals surface area (Å²) in [5, 5.41) is 9.31. The first-order valence-corrected chi connectivity index (χ1v) is 7.34. The molecular weight excluding hydrogens is 297 g/mol. The van der Waals surface area contributed by atoms with Crippen molar-refractivity contribution in [3.8, 4) is 0 Å². The maximum atomic E-state index is 13.0. The zero-order valence-corrected chi connectivity index (χ0v) is 11.8. The normalized spacial score (nSPS) is 13.5. The van der Waals surface area contributed by atoms with Gasteiger partial charge in [0.25, 0.3) is 0 Å². The van der Waals surface area contributed by atoms with Crippen LogP contribution in [0.2, 0.25) is 5.02 Å². The smallest absolute Gasteiger partial charge is 0.242 e. The van der Waals surface area contributed by atoms with Crippen molar-refractivity contribution in [2.45, 2.75) is 17.4 Å². The summed E-state index contributed by atoms with van der Waals surface area (Å²) in [6.07, 6.45) is -0.587. The predicted molar refractivity (Wildman–Crippen MR) is 69.1 cm³/mol. The molecule has 0 heterocycles. The minimum atomic E-state index is -3.90. The number of aliphatic hydroxyl groups excluding tert-OH is 1. The lowest BCUT2D eigenvalue weighted by molar-refractivity contribution is 0.0603. The first-order chi connectivity index (χ1) is 8.86. The Hall–Kier alpha value is -0.730. The summed E-state index contributed by atoms with van der Waals surface area (Å²) in [7, 11) is -2.47. The number of halogens is 2. The maximum Gasteiger partial charge on any atom is 0.242 e. The monoisotopic (exact) mass is 311 g/mol. The number of ether oxygens (including phenoxy) is 1. The molecule has 1 rings (SSSR count). The molecule has 1 aromatic rings. The zero-order valence-electron chi connectivity index (χ0n) is 10.3. The average Bonchev–Trinajstić information content (AvgIpc) is 2.32. The van der Waals surface area contributed by atoms with Gasteiger partial charge in [0.1, 0.15) is 10.7 Å². The molecule has 5 nitrogen and oxygen atoms in total. The highest BCUT2D eigenvalue weighted by Crippen LogP contribution is 2.21. The molecule has 108 valence electrons. The fourth-order valence-electron chi connectivity index (χ4n) is 1.40. The quantitative estimate of drug-likeness (QED) is 0.792. The van der Waals surface area contributed by atoms with E-state index in [1.54, 1.807) is 0 Å². The van der Waals surface area contributed by atoms with Gasteiger partial charge in [-0.15, -0.1) is 0 Å². The molecule has 0 radical (unpaired) electrons. The molecular formula is C11H15ClFNO4S. The molecule has 0 aromatic heterocycles. The van der Waals surface area contributed by atoms with Crippen LogP contribution in [0.25, 0.3) is 0 Å². The number of sulfonamides is 1. The third-order valence-electron chi connectivity index (χ3n) is 2.31. The number of methoxy groups -OCH3 is 1. The van der Waals surface area contributed by atoms with Gasteiger partial charge in [-0.3, -0.25) is 0 Å². The van der Waals surface area contributed by atoms with Crippen molar-refractivity contribution < 1.29 is 22.7 Å². The van der Waals surface area contributed by atoms with Crippen molar-refractivity contribution in [1.29, 1.82) is 0 Å². The fraction of sp³-hybridized carbons (Fsp3) is 0.455. The van der Waals surface area contributed by atoms with Crippen molar-refractivity contribution in [2.24, 2.45) is 0 Å². The van der Waals surface area contributed by atoms with Crippen LogP contribution < -0.4 is 4.72 Å². The minimum absolute atomic E-state index is 0.000295. The van der Waals surface area contributed by atoms with Crippen LogP contribution >= 0.6 is 11.6 Å². The van der Waals surface area contributed by atoms with Crippen molar-refractivity contribution in [1.82, 2.24) is 4.72 Å². The molecule has 0 bridgehead atoms. The molecule has 0 saturated carbocycles. The van der Waals surface area contributed by atoms with Gasteiger partial charge in [0.05, 0.1) is 17.7 Å². The second kappa shape index (κ2) is 7.16. The van der Waals surface area contributed by atoms with Crippen LogP contribution in [0.1, 0.15) is 6.42 Å². The predicted octanol–water partition coefficient (Wildman–Crippen LogP) is 1.15. The standard InChI is InChI=1S/C11H15ClFNO4S/c1-18-7-9(15)4-5-14-19(16,17)11-6-8(13)2-3-10(11)12/h2-3,6,9,14-15H,4-5,7H2,1H3. The van der Waals surface area contributed by atoms with Crippen LogP contribution in [0.4, 0.5) is 4.39 Å². The van der Waals surface area contributed by atoms with Gasteiger partial charge in [0, 0.05) is 13.7 Å². The summed E-state index contributed by atoms with van der Waals surface area (Å²) in [4.78, 5) is -0.324. The number of nitrogens with one attached hydrogen (secondary N) is 1. The topological polar surface area (TPSA) is 75.6 Å². The highest BCUT2D eigenvalue weighted by molar-refractivity contribution is 7.89. The van der Waals surface area contributed by atoms with Crippen molar-refractivity contribution >= 4 is 21.6 Å². The van der Waals surface area contributed by atoms with Crippen LogP contribution in [0.15, 0.2) is 23.1 Å². The minimum Gasteiger partial charge on any atom is -0.391 e. The second-order valence-corrected chi connectivity index (χ2v) is 6.01. The van der Waals surface area contributed by atoms with Crippen molar-refractivity contribution in [2.75, 3.05) is 20.3 Å². The van der Waals surface area contributed by atoms with Crippen molar-refractivity contribution in [3.63, 3.8) is 0 Å². The molecule has 0 aliphatic carbocycles. The van der Waals surface area contributed by atoms with Crippen LogP contribution in [0.3, 0.4) is 0 Å². The van der Waals surface area contributed by atoms with E-state index in [9.17, 15) is 17.9 Å². The van der Waals surface area contributed by atoms with Gasteiger partial charge >= 0.3 is 0 Å². The van der Waals surface area contributed by atoms with E-state index in [1.165, 1.54) is 13.2 Å². The van der Waals surface area contributed by atoms with E-state index in [4.69, 9.17) is 16.3 Å². The number of rotatable bonds is 7. The summed E-state index contributed by atoms with van der Waals surface area (Å²) in [6, 6.07) is 3.09. The third-order valence-corrected chi connectivity index (χ3v) is 4.25. The van der Waals surface area contributed by atoms with Gasteiger partial charge in [0.2, 0.25) is 10.0 Å². The van der Waals surface area contributed by atoms with E-state index in [0.717, 1.165) is 12.1 Å². The van der Waals surface area contributed by atoms with Gasteiger partial charge in [0.15, 0.2) is 0 Å². The molecule has 2 N–H and O–H groups in total. The molecule has 1 atom stereocenters. The van der Waals surface area contributed by atoms with Gasteiger partial charge in [-0.25, -0.2) is 17.5 Å². The number of hydrogen-bond donors (Lipinski definition) is 2. The Morgan fingerprint density at radius 1 is 1.53 bits per heavy atom. The Morgan fingerprint density at radius 2 is 2.21 bits per heavy atom. The van der Waals surface area contributed by atoms with E-state index in [1.807, 2.05) is 0 Å². The molecule has 0 amide bonds. The Balaban J connectivity index is 2.68. The Kier molecular flexibility index (Phi) is 6.15. The van der Waals surface area contributed by atoms with Crippen LogP contribution in [-0.2, 0) is 14.8 Å². The van der Waals surface area contributed by atoms with E-state index in [-0.39, 0.29) is 29.5 Å². The van der Waals surface area contributed by atoms with E-state index in [2.05, 4.69) is 4.72 Å². The van der Waals surface area contributed by atoms with Crippen LogP contribution in [0, 0.1) is 5.82 Å². The largest absolute Gasteiger partial charge is 0.391 e. The molecule has 19 heavy (non-hydrogen) atoms. The summed E-state index contributed by atoms with van der Waals surface area (Å²) in [5.74, 6) is -0.691. The first-order valence-electron chi connectivity index (χ1n) is 5.48. The fourth-order valence-corrected chi connectivity index (χ4v) is 2.95. The van der Waals surface area contributed by atoms with Crippen LogP contribution in [0.5, 0.6) is 0 Å². The SMILES string of the molecule is COCC(O)CCNS(=O)(=O)c1cc(F)ccc1Cl. The van der Waals surface area contributed by atoms with Gasteiger partial charge < -0.3 is 9.84 Å². The van der Waals surface area contributed by atoms with Crippen molar-refractivity contribution in [3.05, 3.63) is 29.0 Å². The molecule has 0 spiro atoms. The number of benzene rings is 1. The second-order valence-electron chi connectivity index (χ2n) is 3.87. The highest BCUT2D eigenvalue weighted by Gasteiger charge is 2.18. The van der Waals surface area contributed by atoms with Gasteiger partial charge in [-0.05, 0) is 24.6 Å².